The van der Waals surface area contributed by atoms with Gasteiger partial charge in [-0.05, 0) is 17.7 Å². The second-order valence-electron chi connectivity index (χ2n) is 3.65. The average Bonchev–Trinajstić information content (AvgIpc) is 2.67. The van der Waals surface area contributed by atoms with Crippen LogP contribution in [0.2, 0.25) is 0 Å². The second-order valence-corrected chi connectivity index (χ2v) is 3.65. The van der Waals surface area contributed by atoms with E-state index in [1.165, 1.54) is 18.2 Å². The number of carbonyl (C=O) groups is 1. The largest absolute Gasteiger partial charge is 0.393 e. The molecule has 0 spiro atoms. The molecule has 0 amide bonds. The van der Waals surface area contributed by atoms with E-state index in [2.05, 4.69) is 6.58 Å². The Balaban J connectivity index is 2.45. The third-order valence-corrected chi connectivity index (χ3v) is 2.81. The fourth-order valence-corrected chi connectivity index (χ4v) is 2.12. The van der Waals surface area contributed by atoms with E-state index in [0.29, 0.717) is 5.57 Å². The molecule has 2 N–H and O–H groups in total. The molecular weight excluding hydrogens is 196 g/mol. The molecule has 2 aliphatic rings. The van der Waals surface area contributed by atoms with Gasteiger partial charge in [0.25, 0.3) is 0 Å². The summed E-state index contributed by atoms with van der Waals surface area (Å²) in [5.74, 6) is -0.774. The Morgan fingerprint density at radius 2 is 2.40 bits per heavy atom. The number of allylic oxidation sites excluding steroid dienone is 3. The zero-order valence-corrected chi connectivity index (χ0v) is 8.09. The predicted octanol–water partition coefficient (Wildman–Crippen LogP) is -0.0664. The van der Waals surface area contributed by atoms with E-state index in [1.54, 1.807) is 6.08 Å². The van der Waals surface area contributed by atoms with Gasteiger partial charge in [0.15, 0.2) is 12.1 Å². The van der Waals surface area contributed by atoms with Crippen molar-refractivity contribution in [3.8, 4) is 0 Å². The van der Waals surface area contributed by atoms with Gasteiger partial charge in [0.2, 0.25) is 0 Å². The first kappa shape index (κ1) is 10.3. The van der Waals surface area contributed by atoms with Gasteiger partial charge in [-0.15, -0.1) is 0 Å². The molecule has 3 atom stereocenters. The maximum atomic E-state index is 11.6. The van der Waals surface area contributed by atoms with Crippen molar-refractivity contribution in [2.75, 3.05) is 6.61 Å². The summed E-state index contributed by atoms with van der Waals surface area (Å²) in [6.07, 6.45) is 4.78. The maximum absolute atomic E-state index is 11.6. The summed E-state index contributed by atoms with van der Waals surface area (Å²) in [5.41, 5.74) is -0.625. The Morgan fingerprint density at radius 3 is 3.00 bits per heavy atom. The van der Waals surface area contributed by atoms with Crippen molar-refractivity contribution in [3.63, 3.8) is 0 Å². The van der Waals surface area contributed by atoms with Crippen LogP contribution < -0.4 is 0 Å². The van der Waals surface area contributed by atoms with Crippen LogP contribution in [-0.4, -0.2) is 34.5 Å². The number of hydrogen-bond donors (Lipinski definition) is 2. The molecule has 80 valence electrons. The maximum Gasteiger partial charge on any atom is 0.179 e. The van der Waals surface area contributed by atoms with Gasteiger partial charge in [0.05, 0.1) is 12.5 Å². The number of hydrogen-bond acceptors (Lipinski definition) is 4. The van der Waals surface area contributed by atoms with Crippen LogP contribution in [0.5, 0.6) is 0 Å². The number of aliphatic hydroxyl groups excluding tert-OH is 2. The normalized spacial score (nSPS) is 41.2. The lowest BCUT2D eigenvalue weighted by Crippen LogP contribution is -2.37. The average molecular weight is 208 g/mol. The zero-order chi connectivity index (χ0) is 11.1. The number of ether oxygens (including phenoxy) is 1. The Morgan fingerprint density at radius 1 is 1.67 bits per heavy atom. The molecule has 1 fully saturated rings. The van der Waals surface area contributed by atoms with Crippen LogP contribution in [-0.2, 0) is 9.53 Å². The smallest absolute Gasteiger partial charge is 0.179 e. The molecule has 0 radical (unpaired) electrons. The molecule has 0 aromatic carbocycles. The molecule has 0 aromatic rings. The van der Waals surface area contributed by atoms with E-state index >= 15 is 0 Å². The number of carbonyl (C=O) groups excluding carboxylic acids is 1. The Bertz CT molecular complexity index is 369. The number of aliphatic hydroxyl groups is 2. The van der Waals surface area contributed by atoms with E-state index in [1.807, 2.05) is 0 Å². The molecule has 1 saturated heterocycles. The van der Waals surface area contributed by atoms with Crippen LogP contribution in [0.15, 0.2) is 36.5 Å². The fourth-order valence-electron chi connectivity index (χ4n) is 2.12. The highest BCUT2D eigenvalue weighted by Gasteiger charge is 2.55. The molecule has 0 saturated carbocycles. The monoisotopic (exact) mass is 208 g/mol. The molecule has 0 bridgehead atoms. The minimum absolute atomic E-state index is 0.159. The number of fused-ring (bicyclic) bond motifs is 1. The lowest BCUT2D eigenvalue weighted by Gasteiger charge is -2.22. The molecule has 1 heterocycles. The predicted molar refractivity (Wildman–Crippen MR) is 52.8 cm³/mol. The van der Waals surface area contributed by atoms with Crippen LogP contribution in [0.4, 0.5) is 0 Å². The molecule has 0 aromatic heterocycles. The first-order valence-corrected chi connectivity index (χ1v) is 4.67. The molecule has 15 heavy (non-hydrogen) atoms. The lowest BCUT2D eigenvalue weighted by atomic mass is 9.86. The second kappa shape index (κ2) is 3.41. The first-order valence-electron chi connectivity index (χ1n) is 4.67. The summed E-state index contributed by atoms with van der Waals surface area (Å²) < 4.78 is 5.24. The van der Waals surface area contributed by atoms with Crippen molar-refractivity contribution in [2.45, 2.75) is 11.9 Å². The number of ketones is 1. The quantitative estimate of drug-likeness (QED) is 0.666. The summed E-state index contributed by atoms with van der Waals surface area (Å²) >= 11 is 0. The van der Waals surface area contributed by atoms with E-state index in [9.17, 15) is 15.0 Å². The third kappa shape index (κ3) is 1.30. The van der Waals surface area contributed by atoms with Gasteiger partial charge in [0.1, 0.15) is 5.60 Å². The van der Waals surface area contributed by atoms with Gasteiger partial charge in [-0.3, -0.25) is 4.79 Å². The SMILES string of the molecule is C=C/C=C1\[C@H](O)O[C@]2(CO)C=CC(=O)[C@H]12. The summed E-state index contributed by atoms with van der Waals surface area (Å²) in [5, 5.41) is 18.9. The highest BCUT2D eigenvalue weighted by molar-refractivity contribution is 5.98. The van der Waals surface area contributed by atoms with Gasteiger partial charge < -0.3 is 14.9 Å². The highest BCUT2D eigenvalue weighted by atomic mass is 16.6. The molecule has 4 nitrogen and oxygen atoms in total. The lowest BCUT2D eigenvalue weighted by molar-refractivity contribution is -0.136. The van der Waals surface area contributed by atoms with Crippen molar-refractivity contribution in [3.05, 3.63) is 36.5 Å². The van der Waals surface area contributed by atoms with E-state index in [0.717, 1.165) is 0 Å². The minimum atomic E-state index is -1.14. The third-order valence-electron chi connectivity index (χ3n) is 2.81. The van der Waals surface area contributed by atoms with Crippen LogP contribution >= 0.6 is 0 Å². The Hall–Kier alpha value is -1.23. The van der Waals surface area contributed by atoms with Crippen LogP contribution in [0, 0.1) is 5.92 Å². The molecule has 4 heteroatoms. The van der Waals surface area contributed by atoms with E-state index in [-0.39, 0.29) is 12.4 Å². The summed E-state index contributed by atoms with van der Waals surface area (Å²) in [6, 6.07) is 0. The highest BCUT2D eigenvalue weighted by Crippen LogP contribution is 2.44. The fraction of sp³-hybridized carbons (Fsp3) is 0.364. The van der Waals surface area contributed by atoms with Gasteiger partial charge >= 0.3 is 0 Å². The first-order chi connectivity index (χ1) is 7.14. The standard InChI is InChI=1S/C11H12O4/c1-2-3-7-9-8(13)4-5-11(9,6-12)15-10(7)14/h2-5,9-10,12,14H,1,6H2/b7-3-/t9-,10+,11-/m0/s1. The Kier molecular flexibility index (Phi) is 2.34. The van der Waals surface area contributed by atoms with E-state index < -0.39 is 17.8 Å². The van der Waals surface area contributed by atoms with Crippen LogP contribution in [0.25, 0.3) is 0 Å². The molecule has 2 rings (SSSR count). The molecular formula is C11H12O4. The summed E-state index contributed by atoms with van der Waals surface area (Å²) in [7, 11) is 0. The molecule has 0 unspecified atom stereocenters. The number of rotatable bonds is 2. The van der Waals surface area contributed by atoms with Gasteiger partial charge in [-0.25, -0.2) is 0 Å². The van der Waals surface area contributed by atoms with Crippen molar-refractivity contribution >= 4 is 5.78 Å². The molecule has 1 aliphatic carbocycles. The minimum Gasteiger partial charge on any atom is -0.393 e. The van der Waals surface area contributed by atoms with Crippen molar-refractivity contribution in [2.24, 2.45) is 5.92 Å². The van der Waals surface area contributed by atoms with Gasteiger partial charge in [0, 0.05) is 0 Å². The topological polar surface area (TPSA) is 66.8 Å². The summed E-state index contributed by atoms with van der Waals surface area (Å²) in [4.78, 5) is 11.6. The van der Waals surface area contributed by atoms with Crippen LogP contribution in [0.1, 0.15) is 0 Å². The zero-order valence-electron chi connectivity index (χ0n) is 8.09. The van der Waals surface area contributed by atoms with Crippen molar-refractivity contribution in [1.82, 2.24) is 0 Å². The van der Waals surface area contributed by atoms with Gasteiger partial charge in [-0.2, -0.15) is 0 Å². The van der Waals surface area contributed by atoms with Crippen LogP contribution in [0.3, 0.4) is 0 Å². The van der Waals surface area contributed by atoms with Crippen molar-refractivity contribution in [1.29, 1.82) is 0 Å². The van der Waals surface area contributed by atoms with Crippen molar-refractivity contribution < 1.29 is 19.7 Å². The molecule has 1 aliphatic heterocycles. The van der Waals surface area contributed by atoms with E-state index in [4.69, 9.17) is 4.74 Å². The summed E-state index contributed by atoms with van der Waals surface area (Å²) in [6.45, 7) is 3.18. The Labute approximate surface area is 87.2 Å². The van der Waals surface area contributed by atoms with Gasteiger partial charge in [-0.1, -0.05) is 18.7 Å².